The van der Waals surface area contributed by atoms with Crippen LogP contribution in [0.2, 0.25) is 0 Å². The van der Waals surface area contributed by atoms with Gasteiger partial charge in [-0.1, -0.05) is 6.92 Å². The number of H-pyrrole nitrogens is 1. The Morgan fingerprint density at radius 3 is 2.24 bits per heavy atom. The standard InChI is InChI=1S/C11H10F6N4/c1-2-7-20-8-5(18-4-19-9(8)21-7)3-6(10(12,13)14)11(15,16)17/h4,6H,2-3H2,1H3,(H,18,19,20,21). The Bertz CT molecular complexity index is 616. The minimum Gasteiger partial charge on any atom is -0.339 e. The molecule has 0 saturated carbocycles. The molecule has 1 N–H and O–H groups in total. The van der Waals surface area contributed by atoms with Crippen LogP contribution < -0.4 is 0 Å². The van der Waals surface area contributed by atoms with Crippen molar-refractivity contribution in [3.05, 3.63) is 17.8 Å². The van der Waals surface area contributed by atoms with Crippen LogP contribution in [0.5, 0.6) is 0 Å². The average Bonchev–Trinajstić information content (AvgIpc) is 2.76. The fourth-order valence-corrected chi connectivity index (χ4v) is 1.86. The van der Waals surface area contributed by atoms with E-state index in [9.17, 15) is 26.3 Å². The second kappa shape index (κ2) is 5.15. The summed E-state index contributed by atoms with van der Waals surface area (Å²) in [6.07, 6.45) is -10.8. The highest BCUT2D eigenvalue weighted by molar-refractivity contribution is 5.72. The SMILES string of the molecule is CCc1nc2ncnc(CC(C(F)(F)F)C(F)(F)F)c2[nH]1. The summed E-state index contributed by atoms with van der Waals surface area (Å²) >= 11 is 0. The summed E-state index contributed by atoms with van der Waals surface area (Å²) in [6, 6.07) is 0. The third kappa shape index (κ3) is 3.24. The second-order valence-corrected chi connectivity index (χ2v) is 4.40. The zero-order valence-corrected chi connectivity index (χ0v) is 10.7. The minimum atomic E-state index is -5.40. The molecule has 4 nitrogen and oxygen atoms in total. The lowest BCUT2D eigenvalue weighted by atomic mass is 10.0. The molecule has 0 unspecified atom stereocenters. The number of rotatable bonds is 3. The fraction of sp³-hybridized carbons (Fsp3) is 0.545. The molecule has 2 aromatic heterocycles. The van der Waals surface area contributed by atoms with Crippen LogP contribution in [0.25, 0.3) is 11.2 Å². The Morgan fingerprint density at radius 2 is 1.71 bits per heavy atom. The molecular weight excluding hydrogens is 302 g/mol. The van der Waals surface area contributed by atoms with Crippen molar-refractivity contribution in [2.45, 2.75) is 32.1 Å². The van der Waals surface area contributed by atoms with Crippen LogP contribution in [0.3, 0.4) is 0 Å². The molecule has 2 aromatic rings. The maximum Gasteiger partial charge on any atom is 0.400 e. The predicted molar refractivity (Wildman–Crippen MR) is 60.4 cm³/mol. The van der Waals surface area contributed by atoms with Crippen LogP contribution in [0.4, 0.5) is 26.3 Å². The average molecular weight is 312 g/mol. The van der Waals surface area contributed by atoms with Gasteiger partial charge in [-0.25, -0.2) is 15.0 Å². The molecule has 0 aromatic carbocycles. The van der Waals surface area contributed by atoms with E-state index < -0.39 is 24.7 Å². The molecule has 0 aliphatic carbocycles. The van der Waals surface area contributed by atoms with Gasteiger partial charge >= 0.3 is 12.4 Å². The third-order valence-corrected chi connectivity index (χ3v) is 2.94. The molecule has 0 radical (unpaired) electrons. The quantitative estimate of drug-likeness (QED) is 0.886. The van der Waals surface area contributed by atoms with E-state index in [0.29, 0.717) is 12.2 Å². The van der Waals surface area contributed by atoms with Crippen LogP contribution in [-0.4, -0.2) is 32.3 Å². The highest BCUT2D eigenvalue weighted by Crippen LogP contribution is 2.41. The van der Waals surface area contributed by atoms with E-state index >= 15 is 0 Å². The molecule has 0 aliphatic heterocycles. The van der Waals surface area contributed by atoms with Crippen molar-refractivity contribution in [2.75, 3.05) is 0 Å². The summed E-state index contributed by atoms with van der Waals surface area (Å²) < 4.78 is 75.5. The molecule has 0 fully saturated rings. The highest BCUT2D eigenvalue weighted by atomic mass is 19.4. The van der Waals surface area contributed by atoms with Gasteiger partial charge in [0.25, 0.3) is 0 Å². The van der Waals surface area contributed by atoms with E-state index in [1.807, 2.05) is 0 Å². The van der Waals surface area contributed by atoms with E-state index in [0.717, 1.165) is 6.33 Å². The number of aromatic amines is 1. The first kappa shape index (κ1) is 15.5. The van der Waals surface area contributed by atoms with E-state index in [1.54, 1.807) is 6.92 Å². The van der Waals surface area contributed by atoms with Gasteiger partial charge in [-0.3, -0.25) is 0 Å². The molecule has 2 heterocycles. The van der Waals surface area contributed by atoms with Gasteiger partial charge in [-0.15, -0.1) is 0 Å². The number of fused-ring (bicyclic) bond motifs is 1. The Morgan fingerprint density at radius 1 is 1.10 bits per heavy atom. The van der Waals surface area contributed by atoms with Crippen molar-refractivity contribution < 1.29 is 26.3 Å². The molecule has 0 aliphatic rings. The minimum absolute atomic E-state index is 0.00727. The van der Waals surface area contributed by atoms with Crippen LogP contribution >= 0.6 is 0 Å². The topological polar surface area (TPSA) is 54.5 Å². The zero-order valence-electron chi connectivity index (χ0n) is 10.7. The Balaban J connectivity index is 2.44. The van der Waals surface area contributed by atoms with Crippen molar-refractivity contribution in [1.29, 1.82) is 0 Å². The second-order valence-electron chi connectivity index (χ2n) is 4.40. The van der Waals surface area contributed by atoms with Crippen molar-refractivity contribution in [3.8, 4) is 0 Å². The largest absolute Gasteiger partial charge is 0.400 e. The molecule has 10 heteroatoms. The summed E-state index contributed by atoms with van der Waals surface area (Å²) in [7, 11) is 0. The van der Waals surface area contributed by atoms with E-state index in [1.165, 1.54) is 0 Å². The van der Waals surface area contributed by atoms with E-state index in [4.69, 9.17) is 0 Å². The number of hydrogen-bond donors (Lipinski definition) is 1. The number of nitrogens with zero attached hydrogens (tertiary/aromatic N) is 3. The van der Waals surface area contributed by atoms with Crippen molar-refractivity contribution in [1.82, 2.24) is 19.9 Å². The number of aryl methyl sites for hydroxylation is 1. The Hall–Kier alpha value is -1.87. The molecule has 0 spiro atoms. The molecule has 0 saturated heterocycles. The van der Waals surface area contributed by atoms with Crippen LogP contribution in [0.15, 0.2) is 6.33 Å². The lowest BCUT2D eigenvalue weighted by Gasteiger charge is -2.22. The molecule has 116 valence electrons. The van der Waals surface area contributed by atoms with Gasteiger partial charge in [0.1, 0.15) is 17.7 Å². The summed E-state index contributed by atoms with van der Waals surface area (Å²) in [6.45, 7) is 1.74. The first-order chi connectivity index (χ1) is 9.63. The lowest BCUT2D eigenvalue weighted by Crippen LogP contribution is -2.38. The maximum absolute atomic E-state index is 12.6. The van der Waals surface area contributed by atoms with Gasteiger partial charge in [-0.2, -0.15) is 26.3 Å². The van der Waals surface area contributed by atoms with Gasteiger partial charge in [0.15, 0.2) is 11.6 Å². The predicted octanol–water partition coefficient (Wildman–Crippen LogP) is 3.20. The van der Waals surface area contributed by atoms with E-state index in [-0.39, 0.29) is 16.9 Å². The number of nitrogens with one attached hydrogen (secondary N) is 1. The number of imidazole rings is 1. The third-order valence-electron chi connectivity index (χ3n) is 2.94. The summed E-state index contributed by atoms with van der Waals surface area (Å²) in [5.41, 5.74) is -0.292. The smallest absolute Gasteiger partial charge is 0.339 e. The fourth-order valence-electron chi connectivity index (χ4n) is 1.86. The van der Waals surface area contributed by atoms with Crippen molar-refractivity contribution in [2.24, 2.45) is 5.92 Å². The summed E-state index contributed by atoms with van der Waals surface area (Å²) in [5.74, 6) is -3.06. The van der Waals surface area contributed by atoms with E-state index in [2.05, 4.69) is 19.9 Å². The van der Waals surface area contributed by atoms with Gasteiger partial charge in [0.2, 0.25) is 0 Å². The first-order valence-electron chi connectivity index (χ1n) is 5.94. The number of alkyl halides is 6. The number of aromatic nitrogens is 4. The monoisotopic (exact) mass is 312 g/mol. The molecule has 2 rings (SSSR count). The molecular formula is C11H10F6N4. The highest BCUT2D eigenvalue weighted by Gasteiger charge is 2.56. The van der Waals surface area contributed by atoms with Crippen LogP contribution in [0.1, 0.15) is 18.4 Å². The molecule has 0 amide bonds. The summed E-state index contributed by atoms with van der Waals surface area (Å²) in [4.78, 5) is 13.9. The van der Waals surface area contributed by atoms with Crippen molar-refractivity contribution in [3.63, 3.8) is 0 Å². The Labute approximate surface area is 114 Å². The lowest BCUT2D eigenvalue weighted by molar-refractivity contribution is -0.283. The summed E-state index contributed by atoms with van der Waals surface area (Å²) in [5, 5.41) is 0. The van der Waals surface area contributed by atoms with Crippen LogP contribution in [-0.2, 0) is 12.8 Å². The van der Waals surface area contributed by atoms with Crippen molar-refractivity contribution >= 4 is 11.2 Å². The van der Waals surface area contributed by atoms with Gasteiger partial charge in [0.05, 0.1) is 5.69 Å². The normalized spacial score (nSPS) is 13.3. The van der Waals surface area contributed by atoms with Gasteiger partial charge in [0, 0.05) is 12.8 Å². The molecule has 0 atom stereocenters. The van der Waals surface area contributed by atoms with Gasteiger partial charge in [-0.05, 0) is 0 Å². The Kier molecular flexibility index (Phi) is 3.81. The number of hydrogen-bond acceptors (Lipinski definition) is 3. The molecule has 0 bridgehead atoms. The maximum atomic E-state index is 12.6. The zero-order chi connectivity index (χ0) is 15.8. The number of halogens is 6. The first-order valence-corrected chi connectivity index (χ1v) is 5.94. The van der Waals surface area contributed by atoms with Gasteiger partial charge < -0.3 is 4.98 Å². The van der Waals surface area contributed by atoms with Crippen LogP contribution in [0, 0.1) is 5.92 Å². The molecule has 21 heavy (non-hydrogen) atoms.